The highest BCUT2D eigenvalue weighted by Crippen LogP contribution is 2.55. The van der Waals surface area contributed by atoms with Gasteiger partial charge in [-0.1, -0.05) is 164 Å². The molecule has 3 unspecified atom stereocenters. The van der Waals surface area contributed by atoms with Crippen LogP contribution in [0.15, 0.2) is 264 Å². The van der Waals surface area contributed by atoms with Gasteiger partial charge in [-0.05, 0) is 95.1 Å². The van der Waals surface area contributed by atoms with E-state index < -0.39 is 0 Å². The van der Waals surface area contributed by atoms with E-state index in [0.717, 1.165) is 89.8 Å². The number of aliphatic imine (C=N–C) groups is 2. The van der Waals surface area contributed by atoms with Crippen molar-refractivity contribution in [2.75, 3.05) is 9.80 Å². The molecule has 0 saturated heterocycles. The van der Waals surface area contributed by atoms with Gasteiger partial charge in [0.1, 0.15) is 17.8 Å². The first-order valence-electron chi connectivity index (χ1n) is 24.6. The predicted octanol–water partition coefficient (Wildman–Crippen LogP) is 14.9. The van der Waals surface area contributed by atoms with Crippen molar-refractivity contribution in [3.63, 3.8) is 0 Å². The molecule has 5 heterocycles. The second-order valence-corrected chi connectivity index (χ2v) is 18.6. The van der Waals surface area contributed by atoms with Crippen LogP contribution in [0, 0.1) is 0 Å². The van der Waals surface area contributed by atoms with Gasteiger partial charge in [-0.25, -0.2) is 14.9 Å². The van der Waals surface area contributed by atoms with Gasteiger partial charge >= 0.3 is 0 Å². The molecule has 0 spiro atoms. The minimum Gasteiger partial charge on any atom is -0.311 e. The molecule has 3 aliphatic heterocycles. The van der Waals surface area contributed by atoms with Gasteiger partial charge in [-0.15, -0.1) is 0 Å². The quantitative estimate of drug-likeness (QED) is 0.137. The molecule has 4 aliphatic rings. The summed E-state index contributed by atoms with van der Waals surface area (Å²) in [6, 6.07) is 77.7. The number of hydrogen-bond donors (Lipinski definition) is 0. The number of aromatic nitrogens is 3. The Kier molecular flexibility index (Phi) is 10.0. The summed E-state index contributed by atoms with van der Waals surface area (Å²) in [6.45, 7) is 0. The average Bonchev–Trinajstić information content (AvgIpc) is 3.93. The minimum atomic E-state index is -0.372. The van der Waals surface area contributed by atoms with Crippen LogP contribution in [0.2, 0.25) is 0 Å². The zero-order valence-electron chi connectivity index (χ0n) is 39.1. The molecule has 0 bridgehead atoms. The molecule has 0 saturated carbocycles. The Morgan fingerprint density at radius 2 is 1.04 bits per heavy atom. The molecule has 0 fully saturated rings. The van der Waals surface area contributed by atoms with Crippen molar-refractivity contribution in [3.05, 3.63) is 271 Å². The van der Waals surface area contributed by atoms with Crippen LogP contribution in [0.25, 0.3) is 38.9 Å². The summed E-state index contributed by atoms with van der Waals surface area (Å²) in [5.41, 5.74) is 18.0. The van der Waals surface area contributed by atoms with Gasteiger partial charge in [-0.3, -0.25) is 9.98 Å². The molecule has 8 aromatic carbocycles. The maximum atomic E-state index is 5.50. The highest BCUT2D eigenvalue weighted by Gasteiger charge is 2.52. The molecule has 8 nitrogen and oxygen atoms in total. The zero-order valence-corrected chi connectivity index (χ0v) is 39.1. The van der Waals surface area contributed by atoms with E-state index in [2.05, 4.69) is 250 Å². The molecule has 0 radical (unpaired) electrons. The van der Waals surface area contributed by atoms with Crippen LogP contribution in [0.4, 0.5) is 34.1 Å². The first-order chi connectivity index (χ1) is 35.8. The number of anilines is 6. The van der Waals surface area contributed by atoms with Crippen molar-refractivity contribution in [1.82, 2.24) is 19.4 Å². The first kappa shape index (κ1) is 41.7. The summed E-state index contributed by atoms with van der Waals surface area (Å²) < 4.78 is 2.50. The Balaban J connectivity index is 1.02. The lowest BCUT2D eigenvalue weighted by atomic mass is 9.85. The molecule has 10 aromatic rings. The van der Waals surface area contributed by atoms with Crippen LogP contribution >= 0.6 is 0 Å². The Morgan fingerprint density at radius 3 is 1.60 bits per heavy atom. The summed E-state index contributed by atoms with van der Waals surface area (Å²) in [7, 11) is 0. The molecule has 72 heavy (non-hydrogen) atoms. The fourth-order valence-corrected chi connectivity index (χ4v) is 11.6. The highest BCUT2D eigenvalue weighted by molar-refractivity contribution is 6.17. The number of para-hydroxylation sites is 5. The smallest absolute Gasteiger partial charge is 0.161 e. The number of benzene rings is 8. The number of rotatable bonds is 10. The number of hydrogen-bond acceptors (Lipinski definition) is 7. The van der Waals surface area contributed by atoms with E-state index in [9.17, 15) is 0 Å². The van der Waals surface area contributed by atoms with Crippen LogP contribution in [0.5, 0.6) is 0 Å². The second kappa shape index (κ2) is 17.3. The third-order valence-electron chi connectivity index (χ3n) is 14.6. The zero-order chi connectivity index (χ0) is 47.5. The Hall–Kier alpha value is -9.24. The second-order valence-electron chi connectivity index (χ2n) is 18.6. The maximum absolute atomic E-state index is 5.50. The normalized spacial score (nSPS) is 17.5. The average molecular weight is 927 g/mol. The lowest BCUT2D eigenvalue weighted by Crippen LogP contribution is -2.45. The van der Waals surface area contributed by atoms with Crippen molar-refractivity contribution in [2.24, 2.45) is 9.98 Å². The third-order valence-corrected chi connectivity index (χ3v) is 14.6. The molecule has 342 valence electrons. The van der Waals surface area contributed by atoms with Gasteiger partial charge in [0.15, 0.2) is 5.65 Å². The number of allylic oxidation sites excluding steroid dienone is 2. The number of fused-ring (bicyclic) bond motifs is 6. The summed E-state index contributed by atoms with van der Waals surface area (Å²) in [5.74, 6) is -0.258. The van der Waals surface area contributed by atoms with Crippen molar-refractivity contribution < 1.29 is 0 Å². The molecule has 0 N–H and O–H groups in total. The summed E-state index contributed by atoms with van der Waals surface area (Å²) in [6.07, 6.45) is 11.6. The standard InChI is InChI=1S/C64H46N8/c1-6-18-43(19-7-1)56-42-67-63-59(68-56)55-31-17-29-53-52-28-16-30-54-58-62(66-41-40-65-58)71(60(52)54)64(72(63)61(53)55)57(44-32-36-50(37-33-44)69(46-20-8-2-9-21-46)47-22-10-3-11-23-47)45-34-38-51(39-35-45)70(48-24-12-4-13-25-48)49-26-14-5-15-27-49/h1-42,57,60,62,64H. The van der Waals surface area contributed by atoms with E-state index in [1.807, 2.05) is 24.7 Å². The SMILES string of the molecule is C1=CC2=C3N=CC=NC3N3C2C(=C1)c1cccc2c4nc(-c5ccccc5)cnc4n(c12)C3C(c1ccc(N(c2ccccc2)c2ccccc2)cc1)c1ccc(N(c2ccccc2)c2ccccc2)cc1. The van der Waals surface area contributed by atoms with E-state index in [1.165, 1.54) is 11.1 Å². The Morgan fingerprint density at radius 1 is 0.514 bits per heavy atom. The predicted molar refractivity (Wildman–Crippen MR) is 294 cm³/mol. The van der Waals surface area contributed by atoms with E-state index >= 15 is 0 Å². The summed E-state index contributed by atoms with van der Waals surface area (Å²) in [4.78, 5) is 28.7. The van der Waals surface area contributed by atoms with Crippen LogP contribution in [-0.4, -0.2) is 44.1 Å². The van der Waals surface area contributed by atoms with Crippen molar-refractivity contribution in [2.45, 2.75) is 24.3 Å². The molecular formula is C64H46N8. The monoisotopic (exact) mass is 926 g/mol. The largest absolute Gasteiger partial charge is 0.311 e. The van der Waals surface area contributed by atoms with Crippen LogP contribution < -0.4 is 9.80 Å². The fourth-order valence-electron chi connectivity index (χ4n) is 11.6. The van der Waals surface area contributed by atoms with E-state index in [-0.39, 0.29) is 24.3 Å². The van der Waals surface area contributed by atoms with Crippen LogP contribution in [0.3, 0.4) is 0 Å². The summed E-state index contributed by atoms with van der Waals surface area (Å²) >= 11 is 0. The third kappa shape index (κ3) is 6.79. The molecule has 8 heteroatoms. The lowest BCUT2D eigenvalue weighted by Gasteiger charge is -2.42. The van der Waals surface area contributed by atoms with E-state index in [1.54, 1.807) is 0 Å². The highest BCUT2D eigenvalue weighted by atomic mass is 15.4. The molecule has 14 rings (SSSR count). The van der Waals surface area contributed by atoms with E-state index in [0.29, 0.717) is 0 Å². The van der Waals surface area contributed by atoms with Crippen molar-refractivity contribution in [3.8, 4) is 11.3 Å². The lowest BCUT2D eigenvalue weighted by molar-refractivity contribution is 0.104. The maximum Gasteiger partial charge on any atom is 0.161 e. The molecule has 3 atom stereocenters. The summed E-state index contributed by atoms with van der Waals surface area (Å²) in [5, 5.41) is 1.07. The van der Waals surface area contributed by atoms with E-state index in [4.69, 9.17) is 20.0 Å². The van der Waals surface area contributed by atoms with Crippen LogP contribution in [-0.2, 0) is 0 Å². The van der Waals surface area contributed by atoms with Gasteiger partial charge in [0.25, 0.3) is 0 Å². The fraction of sp³-hybridized carbons (Fsp3) is 0.0625. The van der Waals surface area contributed by atoms with Gasteiger partial charge in [0.05, 0.1) is 29.1 Å². The van der Waals surface area contributed by atoms with Gasteiger partial charge in [-0.2, -0.15) is 0 Å². The van der Waals surface area contributed by atoms with Gasteiger partial charge in [0, 0.05) is 69.0 Å². The first-order valence-corrected chi connectivity index (χ1v) is 24.6. The van der Waals surface area contributed by atoms with Gasteiger partial charge in [0.2, 0.25) is 0 Å². The molecule has 2 aromatic heterocycles. The number of nitrogens with zero attached hydrogens (tertiary/aromatic N) is 8. The Bertz CT molecular complexity index is 3600. The molecule has 0 amide bonds. The van der Waals surface area contributed by atoms with Gasteiger partial charge < -0.3 is 14.4 Å². The van der Waals surface area contributed by atoms with Crippen molar-refractivity contribution in [1.29, 1.82) is 0 Å². The molecule has 1 aliphatic carbocycles. The molecular weight excluding hydrogens is 881 g/mol. The topological polar surface area (TPSA) is 65.2 Å². The Labute approximate surface area is 417 Å². The van der Waals surface area contributed by atoms with Crippen LogP contribution in [0.1, 0.15) is 28.8 Å². The van der Waals surface area contributed by atoms with Crippen molar-refractivity contribution >= 4 is 74.2 Å². The minimum absolute atomic E-state index is 0.135.